The van der Waals surface area contributed by atoms with Gasteiger partial charge in [-0.1, -0.05) is 96.1 Å². The van der Waals surface area contributed by atoms with E-state index < -0.39 is 11.5 Å². The van der Waals surface area contributed by atoms with Crippen molar-refractivity contribution in [2.45, 2.75) is 25.4 Å². The molecule has 4 aromatic rings. The summed E-state index contributed by atoms with van der Waals surface area (Å²) in [6.45, 7) is 4.23. The fraction of sp³-hybridized carbons (Fsp3) is 0.154. The molecule has 1 aliphatic carbocycles. The molecule has 0 aliphatic heterocycles. The molecule has 132 valence electrons. The van der Waals surface area contributed by atoms with Crippen LogP contribution in [0.4, 0.5) is 0 Å². The Labute approximate surface area is 159 Å². The second-order valence-corrected chi connectivity index (χ2v) is 7.70. The molecular formula is C26H22O. The molecule has 4 aromatic carbocycles. The van der Waals surface area contributed by atoms with Crippen LogP contribution in [0.1, 0.15) is 39.5 Å². The van der Waals surface area contributed by atoms with E-state index in [0.717, 1.165) is 16.7 Å². The summed E-state index contributed by atoms with van der Waals surface area (Å²) in [5, 5.41) is 14.1. The molecule has 5 rings (SSSR count). The quantitative estimate of drug-likeness (QED) is 0.482. The van der Waals surface area contributed by atoms with E-state index in [2.05, 4.69) is 92.7 Å². The van der Waals surface area contributed by atoms with Crippen molar-refractivity contribution in [2.24, 2.45) is 0 Å². The van der Waals surface area contributed by atoms with Gasteiger partial charge in [0.1, 0.15) is 0 Å². The van der Waals surface area contributed by atoms with Crippen LogP contribution in [0.2, 0.25) is 0 Å². The average Bonchev–Trinajstić information content (AvgIpc) is 2.93. The van der Waals surface area contributed by atoms with Crippen LogP contribution in [0.15, 0.2) is 84.9 Å². The number of aryl methyl sites for hydroxylation is 2. The van der Waals surface area contributed by atoms with Crippen LogP contribution in [0.5, 0.6) is 0 Å². The summed E-state index contributed by atoms with van der Waals surface area (Å²) in [5.41, 5.74) is 6.31. The van der Waals surface area contributed by atoms with Crippen molar-refractivity contribution >= 4 is 10.8 Å². The number of rotatable bonds is 2. The van der Waals surface area contributed by atoms with Gasteiger partial charge in [0.05, 0.1) is 11.5 Å². The third-order valence-electron chi connectivity index (χ3n) is 6.01. The van der Waals surface area contributed by atoms with E-state index in [9.17, 15) is 5.11 Å². The summed E-state index contributed by atoms with van der Waals surface area (Å²) in [7, 11) is 0. The minimum atomic E-state index is -0.623. The molecule has 1 N–H and O–H groups in total. The highest BCUT2D eigenvalue weighted by molar-refractivity contribution is 5.94. The minimum absolute atomic E-state index is 0.596. The van der Waals surface area contributed by atoms with Gasteiger partial charge in [-0.3, -0.25) is 0 Å². The Hall–Kier alpha value is -2.90. The molecule has 0 bridgehead atoms. The molecule has 0 aromatic heterocycles. The van der Waals surface area contributed by atoms with E-state index in [-0.39, 0.29) is 0 Å². The number of aliphatic hydroxyl groups is 1. The molecule has 27 heavy (non-hydrogen) atoms. The lowest BCUT2D eigenvalue weighted by molar-refractivity contribution is 0.131. The monoisotopic (exact) mass is 350 g/mol. The molecule has 1 atom stereocenters. The summed E-state index contributed by atoms with van der Waals surface area (Å²) in [4.78, 5) is 0. The molecular weight excluding hydrogens is 328 g/mol. The van der Waals surface area contributed by atoms with Crippen molar-refractivity contribution in [3.05, 3.63) is 118 Å². The molecule has 0 spiro atoms. The number of hydrogen-bond acceptors (Lipinski definition) is 1. The standard InChI is InChI=1S/C26H22O/c1-17-7-3-11-20(15-17)26(21-12-4-8-18(2)16-21)23-14-6-10-19-9-5-13-22(24(19)23)25(26)27/h3-16,25,27H,1-2H3. The Bertz CT molecular complexity index is 1120. The second-order valence-electron chi connectivity index (χ2n) is 7.70. The largest absolute Gasteiger partial charge is 0.387 e. The lowest BCUT2D eigenvalue weighted by atomic mass is 9.67. The van der Waals surface area contributed by atoms with Crippen molar-refractivity contribution in [2.75, 3.05) is 0 Å². The summed E-state index contributed by atoms with van der Waals surface area (Å²) in [5.74, 6) is 0. The smallest absolute Gasteiger partial charge is 0.0974 e. The molecule has 1 aliphatic rings. The van der Waals surface area contributed by atoms with Gasteiger partial charge in [0.2, 0.25) is 0 Å². The fourth-order valence-corrected chi connectivity index (χ4v) is 4.88. The fourth-order valence-electron chi connectivity index (χ4n) is 4.88. The number of benzene rings is 4. The molecule has 0 fully saturated rings. The van der Waals surface area contributed by atoms with Crippen molar-refractivity contribution in [1.82, 2.24) is 0 Å². The molecule has 1 nitrogen and oxygen atoms in total. The summed E-state index contributed by atoms with van der Waals surface area (Å²) in [6, 6.07) is 29.9. The van der Waals surface area contributed by atoms with Gasteiger partial charge in [-0.15, -0.1) is 0 Å². The van der Waals surface area contributed by atoms with Crippen LogP contribution >= 0.6 is 0 Å². The molecule has 0 amide bonds. The highest BCUT2D eigenvalue weighted by Gasteiger charge is 2.49. The maximum atomic E-state index is 11.8. The highest BCUT2D eigenvalue weighted by Crippen LogP contribution is 2.56. The number of aliphatic hydroxyl groups excluding tert-OH is 1. The second kappa shape index (κ2) is 5.80. The first-order valence-electron chi connectivity index (χ1n) is 9.47. The van der Waals surface area contributed by atoms with E-state index in [1.54, 1.807) is 0 Å². The van der Waals surface area contributed by atoms with Gasteiger partial charge in [-0.2, -0.15) is 0 Å². The lowest BCUT2D eigenvalue weighted by Crippen LogP contribution is -2.33. The zero-order chi connectivity index (χ0) is 18.6. The van der Waals surface area contributed by atoms with E-state index in [0.29, 0.717) is 0 Å². The highest BCUT2D eigenvalue weighted by atomic mass is 16.3. The zero-order valence-electron chi connectivity index (χ0n) is 15.6. The summed E-state index contributed by atoms with van der Waals surface area (Å²) < 4.78 is 0. The van der Waals surface area contributed by atoms with Gasteiger partial charge in [-0.25, -0.2) is 0 Å². The van der Waals surface area contributed by atoms with Crippen molar-refractivity contribution in [3.8, 4) is 0 Å². The first kappa shape index (κ1) is 16.3. The van der Waals surface area contributed by atoms with Gasteiger partial charge < -0.3 is 5.11 Å². The first-order chi connectivity index (χ1) is 13.1. The van der Waals surface area contributed by atoms with Crippen molar-refractivity contribution in [1.29, 1.82) is 0 Å². The van der Waals surface area contributed by atoms with Crippen LogP contribution in [0, 0.1) is 13.8 Å². The van der Waals surface area contributed by atoms with Gasteiger partial charge in [-0.05, 0) is 46.9 Å². The van der Waals surface area contributed by atoms with Gasteiger partial charge in [0.25, 0.3) is 0 Å². The Morgan fingerprint density at radius 1 is 0.704 bits per heavy atom. The molecule has 1 heteroatoms. The Morgan fingerprint density at radius 2 is 1.26 bits per heavy atom. The normalized spacial score (nSPS) is 17.4. The Kier molecular flexibility index (Phi) is 3.50. The molecule has 0 saturated carbocycles. The van der Waals surface area contributed by atoms with Crippen LogP contribution in [-0.4, -0.2) is 5.11 Å². The summed E-state index contributed by atoms with van der Waals surface area (Å²) >= 11 is 0. The minimum Gasteiger partial charge on any atom is -0.387 e. The van der Waals surface area contributed by atoms with E-state index in [4.69, 9.17) is 0 Å². The summed E-state index contributed by atoms with van der Waals surface area (Å²) in [6.07, 6.45) is -0.623. The van der Waals surface area contributed by atoms with Gasteiger partial charge >= 0.3 is 0 Å². The maximum Gasteiger partial charge on any atom is 0.0974 e. The Balaban J connectivity index is 1.95. The first-order valence-corrected chi connectivity index (χ1v) is 9.47. The van der Waals surface area contributed by atoms with Crippen LogP contribution in [0.25, 0.3) is 10.8 Å². The van der Waals surface area contributed by atoms with E-state index in [1.165, 1.54) is 27.5 Å². The topological polar surface area (TPSA) is 20.2 Å². The zero-order valence-corrected chi connectivity index (χ0v) is 15.6. The molecule has 1 unspecified atom stereocenters. The molecule has 0 heterocycles. The van der Waals surface area contributed by atoms with E-state index in [1.807, 2.05) is 6.07 Å². The van der Waals surface area contributed by atoms with Crippen molar-refractivity contribution in [3.63, 3.8) is 0 Å². The predicted octanol–water partition coefficient (Wildman–Crippen LogP) is 5.84. The SMILES string of the molecule is Cc1cccc(C2(c3cccc(C)c3)c3cccc4cccc(c34)C2O)c1. The average molecular weight is 350 g/mol. The molecule has 0 radical (unpaired) electrons. The Morgan fingerprint density at radius 3 is 1.85 bits per heavy atom. The van der Waals surface area contributed by atoms with Crippen molar-refractivity contribution < 1.29 is 5.11 Å². The van der Waals surface area contributed by atoms with Gasteiger partial charge in [0.15, 0.2) is 0 Å². The lowest BCUT2D eigenvalue weighted by Gasteiger charge is -2.36. The number of hydrogen-bond donors (Lipinski definition) is 1. The van der Waals surface area contributed by atoms with Crippen LogP contribution < -0.4 is 0 Å². The van der Waals surface area contributed by atoms with Crippen LogP contribution in [0.3, 0.4) is 0 Å². The van der Waals surface area contributed by atoms with Gasteiger partial charge in [0, 0.05) is 0 Å². The third kappa shape index (κ3) is 2.15. The molecule has 0 saturated heterocycles. The van der Waals surface area contributed by atoms with Crippen LogP contribution in [-0.2, 0) is 5.41 Å². The third-order valence-corrected chi connectivity index (χ3v) is 6.01. The maximum absolute atomic E-state index is 11.8. The predicted molar refractivity (Wildman–Crippen MR) is 111 cm³/mol. The van der Waals surface area contributed by atoms with E-state index >= 15 is 0 Å².